The molecule has 0 aromatic heterocycles. The van der Waals surface area contributed by atoms with Crippen molar-refractivity contribution in [3.8, 4) is 46.0 Å². The van der Waals surface area contributed by atoms with Gasteiger partial charge in [-0.15, -0.1) is 10.1 Å². The summed E-state index contributed by atoms with van der Waals surface area (Å²) in [4.78, 5) is 28.1. The van der Waals surface area contributed by atoms with Gasteiger partial charge in [-0.3, -0.25) is 9.40 Å². The van der Waals surface area contributed by atoms with Crippen molar-refractivity contribution in [3.05, 3.63) is 245 Å². The van der Waals surface area contributed by atoms with Gasteiger partial charge in [0.15, 0.2) is 0 Å². The number of rotatable bonds is 75. The first kappa shape index (κ1) is 112. The summed E-state index contributed by atoms with van der Waals surface area (Å²) in [5.41, 5.74) is 16.0. The molecule has 1 atom stereocenters. The smallest absolute Gasteiger partial charge is 0.407 e. The van der Waals surface area contributed by atoms with E-state index < -0.39 is 18.8 Å². The van der Waals surface area contributed by atoms with Crippen LogP contribution < -0.4 is 43.3 Å². The minimum absolute atomic E-state index is 0.0229. The number of benzene rings is 8. The number of ether oxygens (including phenoxy) is 23. The normalized spacial score (nSPS) is 11.7. The van der Waals surface area contributed by atoms with Crippen molar-refractivity contribution in [1.82, 2.24) is 5.32 Å². The zero-order valence-corrected chi connectivity index (χ0v) is 81.9. The number of carbonyl (C=O) groups is 1. The lowest BCUT2D eigenvalue weighted by molar-refractivity contribution is -0.711. The lowest BCUT2D eigenvalue weighted by Gasteiger charge is -2.16. The van der Waals surface area contributed by atoms with Crippen molar-refractivity contribution in [3.63, 3.8) is 0 Å². The number of hydrogen-bond donors (Lipinski definition) is 1. The predicted molar refractivity (Wildman–Crippen MR) is 510 cm³/mol. The molecule has 33 heteroatoms. The Kier molecular flexibility index (Phi) is 56.9. The second-order valence-electron chi connectivity index (χ2n) is 31.5. The first-order valence-electron chi connectivity index (χ1n) is 46.0. The summed E-state index contributed by atoms with van der Waals surface area (Å²) in [5, 5.41) is 12.8. The van der Waals surface area contributed by atoms with E-state index in [1.54, 1.807) is 6.92 Å². The molecular weight excluding hydrogens is 1760 g/mol. The fraction of sp³-hybridized carbons (Fsp3) is 0.520. The van der Waals surface area contributed by atoms with Crippen LogP contribution in [-0.4, -0.2) is 236 Å². The molecular formula is C102H143N2O30P. The number of nitrogens with zero attached hydrogens (tertiary/aromatic N) is 1. The molecule has 32 nitrogen and oxygen atoms in total. The van der Waals surface area contributed by atoms with Gasteiger partial charge in [-0.05, 0) is 162 Å². The SMILES string of the molecule is CCCOCCOCCOCCOCCOCCOCCOCCOCCOCCOCCOCCOCCOCCOCCOCCP(=O)(OC)OCC.CNC(=O)OCc1cc(OCc2cc(OCc3cc(OCc4cc(C)cc(C)c4)cc(OCc4cc(C)cc(C)c4)c3)cc(OCc3cc(OCc4cc(C)cc(C)c4)cc(OCc4cc(C)cc(C)c4)c3)c2)ccc1O[N+](=O)[O-]. The van der Waals surface area contributed by atoms with E-state index in [1.807, 2.05) is 54.6 Å². The van der Waals surface area contributed by atoms with Crippen LogP contribution in [0, 0.1) is 65.5 Å². The molecule has 0 aliphatic heterocycles. The number of alkyl carbamates (subject to hydrolysis) is 1. The third kappa shape index (κ3) is 51.9. The van der Waals surface area contributed by atoms with Crippen molar-refractivity contribution in [1.29, 1.82) is 0 Å². The number of nitrogens with one attached hydrogen (secondary N) is 1. The Morgan fingerprint density at radius 3 is 0.756 bits per heavy atom. The maximum Gasteiger partial charge on any atom is 0.407 e. The van der Waals surface area contributed by atoms with E-state index in [0.717, 1.165) is 90.9 Å². The van der Waals surface area contributed by atoms with Crippen LogP contribution in [0.1, 0.15) is 109 Å². The monoisotopic (exact) mass is 1910 g/mol. The summed E-state index contributed by atoms with van der Waals surface area (Å²) < 4.78 is 154. The van der Waals surface area contributed by atoms with Crippen LogP contribution in [-0.2, 0) is 142 Å². The Morgan fingerprint density at radius 1 is 0.304 bits per heavy atom. The van der Waals surface area contributed by atoms with Gasteiger partial charge in [-0.25, -0.2) is 4.79 Å². The van der Waals surface area contributed by atoms with Crippen molar-refractivity contribution >= 4 is 13.7 Å². The summed E-state index contributed by atoms with van der Waals surface area (Å²) in [7, 11) is -0.256. The van der Waals surface area contributed by atoms with E-state index in [2.05, 4.69) is 140 Å². The van der Waals surface area contributed by atoms with E-state index in [9.17, 15) is 19.5 Å². The second-order valence-corrected chi connectivity index (χ2v) is 33.8. The highest BCUT2D eigenvalue weighted by atomic mass is 31.2. The van der Waals surface area contributed by atoms with Crippen LogP contribution in [0.4, 0.5) is 4.79 Å². The Balaban J connectivity index is 0.000000398. The van der Waals surface area contributed by atoms with Gasteiger partial charge in [0.2, 0.25) is 0 Å². The number of carbonyl (C=O) groups excluding carboxylic acids is 1. The molecule has 0 aliphatic rings. The van der Waals surface area contributed by atoms with Gasteiger partial charge in [0.25, 0.3) is 5.09 Å². The lowest BCUT2D eigenvalue weighted by atomic mass is 10.1. The van der Waals surface area contributed by atoms with Crippen LogP contribution in [0.2, 0.25) is 0 Å². The lowest BCUT2D eigenvalue weighted by Crippen LogP contribution is -2.19. The Hall–Kier alpha value is -9.62. The summed E-state index contributed by atoms with van der Waals surface area (Å²) in [6.07, 6.45) is 0.516. The van der Waals surface area contributed by atoms with Crippen LogP contribution in [0.3, 0.4) is 0 Å². The van der Waals surface area contributed by atoms with Gasteiger partial charge in [0.05, 0.1) is 204 Å². The maximum absolute atomic E-state index is 12.1. The number of aryl methyl sites for hydroxylation is 8. The number of amides is 1. The van der Waals surface area contributed by atoms with Crippen molar-refractivity contribution in [2.45, 2.75) is 129 Å². The highest BCUT2D eigenvalue weighted by Crippen LogP contribution is 2.46. The minimum atomic E-state index is -3.04. The molecule has 8 aromatic rings. The highest BCUT2D eigenvalue weighted by molar-refractivity contribution is 7.53. The Bertz CT molecular complexity index is 4270. The zero-order chi connectivity index (χ0) is 96.6. The molecule has 0 spiro atoms. The van der Waals surface area contributed by atoms with Gasteiger partial charge in [-0.1, -0.05) is 124 Å². The molecule has 135 heavy (non-hydrogen) atoms. The molecule has 8 aromatic carbocycles. The topological polar surface area (TPSA) is 329 Å². The molecule has 0 saturated carbocycles. The molecule has 0 fully saturated rings. The van der Waals surface area contributed by atoms with Crippen molar-refractivity contribution in [2.24, 2.45) is 0 Å². The Labute approximate surface area is 796 Å². The molecule has 8 rings (SSSR count). The molecule has 0 saturated heterocycles. The average Bonchev–Trinajstić information content (AvgIpc) is 0.837. The molecule has 1 N–H and O–H groups in total. The largest absolute Gasteiger partial charge is 0.489 e. The molecule has 1 amide bonds. The summed E-state index contributed by atoms with van der Waals surface area (Å²) in [6, 6.07) is 47.0. The van der Waals surface area contributed by atoms with Crippen LogP contribution in [0.5, 0.6) is 46.0 Å². The Morgan fingerprint density at radius 2 is 0.533 bits per heavy atom. The third-order valence-corrected chi connectivity index (χ3v) is 21.2. The molecule has 0 aliphatic carbocycles. The average molecular weight is 1910 g/mol. The zero-order valence-electron chi connectivity index (χ0n) is 81.0. The third-order valence-electron chi connectivity index (χ3n) is 19.2. The fourth-order valence-electron chi connectivity index (χ4n) is 13.5. The van der Waals surface area contributed by atoms with E-state index >= 15 is 0 Å². The standard InChI is InChI=1S/C66H68N2O12.C36H75O18P/c1-42-12-43(2)17-50(16-42)34-73-59-26-55(27-60(31-59)74-35-51-18-44(3)13-45(4)19-51)39-77-63-24-54(38-72-58-10-11-65(80-68(70)71)57(30-58)41-79-66(69)67-9)25-64(33-63)78-40-56-28-61(75-36-52-20-46(5)14-47(6)21-52)32-62(29-56)76-37-53-22-48(7)15-49(8)23-53;1-4-6-39-7-8-40-9-10-41-11-12-42-13-14-43-15-16-44-17-18-45-19-20-46-21-22-47-23-24-48-25-26-49-27-28-50-29-30-51-31-32-52-33-34-53-35-36-55(37,38-3)54-5-2/h10-33H,34-41H2,1-9H3,(H,67,69);4-36H2,1-3H3. The summed E-state index contributed by atoms with van der Waals surface area (Å²) >= 11 is 0. The van der Waals surface area contributed by atoms with E-state index in [4.69, 9.17) is 123 Å². The van der Waals surface area contributed by atoms with Gasteiger partial charge in [-0.2, -0.15) is 0 Å². The van der Waals surface area contributed by atoms with E-state index in [1.165, 1.54) is 32.4 Å². The quantitative estimate of drug-likeness (QED) is 0.0160. The van der Waals surface area contributed by atoms with Crippen LogP contribution >= 0.6 is 7.60 Å². The van der Waals surface area contributed by atoms with E-state index in [0.29, 0.717) is 264 Å². The van der Waals surface area contributed by atoms with Crippen LogP contribution in [0.15, 0.2) is 146 Å². The first-order valence-corrected chi connectivity index (χ1v) is 47.7. The molecule has 746 valence electrons. The van der Waals surface area contributed by atoms with Gasteiger partial charge in [0, 0.05) is 44.5 Å². The molecule has 0 heterocycles. The summed E-state index contributed by atoms with van der Waals surface area (Å²) in [5.74, 6) is 3.70. The second kappa shape index (κ2) is 68.4. The fourth-order valence-corrected chi connectivity index (χ4v) is 14.6. The van der Waals surface area contributed by atoms with Gasteiger partial charge < -0.3 is 123 Å². The van der Waals surface area contributed by atoms with Crippen molar-refractivity contribution in [2.75, 3.05) is 225 Å². The minimum Gasteiger partial charge on any atom is -0.489 e. The summed E-state index contributed by atoms with van der Waals surface area (Å²) in [6.45, 7) is 37.3. The predicted octanol–water partition coefficient (Wildman–Crippen LogP) is 17.2. The van der Waals surface area contributed by atoms with Gasteiger partial charge in [0.1, 0.15) is 98.9 Å². The van der Waals surface area contributed by atoms with Crippen LogP contribution in [0.25, 0.3) is 0 Å². The molecule has 0 bridgehead atoms. The van der Waals surface area contributed by atoms with E-state index in [-0.39, 0.29) is 50.5 Å². The first-order chi connectivity index (χ1) is 65.6. The number of hydrogen-bond acceptors (Lipinski definition) is 30. The maximum atomic E-state index is 12.1. The highest BCUT2D eigenvalue weighted by Gasteiger charge is 2.22. The molecule has 1 unspecified atom stereocenters. The van der Waals surface area contributed by atoms with Gasteiger partial charge >= 0.3 is 13.7 Å². The molecule has 0 radical (unpaired) electrons. The van der Waals surface area contributed by atoms with Crippen molar-refractivity contribution < 1.29 is 137 Å².